The zero-order valence-electron chi connectivity index (χ0n) is 11.8. The van der Waals surface area contributed by atoms with Crippen LogP contribution in [-0.2, 0) is 16.6 Å². The molecule has 1 rings (SSSR count). The minimum absolute atomic E-state index is 0.0508. The largest absolute Gasteiger partial charge is 0.315 e. The summed E-state index contributed by atoms with van der Waals surface area (Å²) in [5.74, 6) is 0.820. The van der Waals surface area contributed by atoms with Gasteiger partial charge in [-0.15, -0.1) is 11.3 Å². The van der Waals surface area contributed by atoms with Crippen molar-refractivity contribution in [2.45, 2.75) is 30.1 Å². The lowest BCUT2D eigenvalue weighted by Crippen LogP contribution is -2.37. The summed E-state index contributed by atoms with van der Waals surface area (Å²) >= 11 is 3.01. The van der Waals surface area contributed by atoms with Crippen LogP contribution in [0.3, 0.4) is 0 Å². The minimum Gasteiger partial charge on any atom is -0.315 e. The molecule has 0 aromatic carbocycles. The molecule has 0 amide bonds. The summed E-state index contributed by atoms with van der Waals surface area (Å²) in [6.45, 7) is 2.72. The third kappa shape index (κ3) is 4.19. The molecule has 1 heterocycles. The highest BCUT2D eigenvalue weighted by Gasteiger charge is 2.28. The molecule has 1 aromatic rings. The fourth-order valence-corrected chi connectivity index (χ4v) is 5.70. The smallest absolute Gasteiger partial charge is 0.252 e. The predicted octanol–water partition coefficient (Wildman–Crippen LogP) is 2.23. The number of nitrogens with zero attached hydrogens (tertiary/aromatic N) is 1. The number of nitrogens with one attached hydrogen (secondary N) is 1. The first-order chi connectivity index (χ1) is 8.97. The number of hydrogen-bond donors (Lipinski definition) is 1. The quantitative estimate of drug-likeness (QED) is 0.797. The monoisotopic (exact) mass is 322 g/mol. The van der Waals surface area contributed by atoms with Crippen molar-refractivity contribution >= 4 is 33.1 Å². The van der Waals surface area contributed by atoms with Gasteiger partial charge in [0.1, 0.15) is 4.21 Å². The SMILES string of the molecule is CCC(CSC)N(C)S(=O)(=O)c1ccc(CNC)s1. The molecule has 0 fully saturated rings. The van der Waals surface area contributed by atoms with Crippen molar-refractivity contribution in [3.63, 3.8) is 0 Å². The molecule has 1 N–H and O–H groups in total. The maximum absolute atomic E-state index is 12.5. The average Bonchev–Trinajstić information content (AvgIpc) is 2.85. The fourth-order valence-electron chi connectivity index (χ4n) is 1.78. The third-order valence-electron chi connectivity index (χ3n) is 2.97. The van der Waals surface area contributed by atoms with Crippen LogP contribution in [0.15, 0.2) is 16.3 Å². The molecule has 0 saturated heterocycles. The summed E-state index contributed by atoms with van der Waals surface area (Å²) in [6.07, 6.45) is 2.82. The zero-order valence-corrected chi connectivity index (χ0v) is 14.3. The van der Waals surface area contributed by atoms with E-state index in [0.29, 0.717) is 10.8 Å². The topological polar surface area (TPSA) is 49.4 Å². The summed E-state index contributed by atoms with van der Waals surface area (Å²) in [5, 5.41) is 3.03. The van der Waals surface area contributed by atoms with Gasteiger partial charge in [-0.25, -0.2) is 8.42 Å². The van der Waals surface area contributed by atoms with Crippen molar-refractivity contribution in [1.82, 2.24) is 9.62 Å². The number of sulfonamides is 1. The van der Waals surface area contributed by atoms with E-state index in [0.717, 1.165) is 17.1 Å². The van der Waals surface area contributed by atoms with Gasteiger partial charge in [-0.1, -0.05) is 6.92 Å². The average molecular weight is 323 g/mol. The molecule has 19 heavy (non-hydrogen) atoms. The molecule has 0 saturated carbocycles. The zero-order chi connectivity index (χ0) is 14.5. The highest BCUT2D eigenvalue weighted by atomic mass is 32.2. The van der Waals surface area contributed by atoms with Crippen LogP contribution in [0.5, 0.6) is 0 Å². The molecule has 0 aliphatic rings. The second kappa shape index (κ2) is 7.64. The Labute approximate surface area is 124 Å². The van der Waals surface area contributed by atoms with E-state index in [9.17, 15) is 8.42 Å². The van der Waals surface area contributed by atoms with Crippen molar-refractivity contribution < 1.29 is 8.42 Å². The van der Waals surface area contributed by atoms with Gasteiger partial charge in [0.05, 0.1) is 0 Å². The summed E-state index contributed by atoms with van der Waals surface area (Å²) in [5.41, 5.74) is 0. The molecular formula is C12H22N2O2S3. The third-order valence-corrected chi connectivity index (χ3v) is 7.15. The highest BCUT2D eigenvalue weighted by molar-refractivity contribution is 7.98. The maximum Gasteiger partial charge on any atom is 0.252 e. The van der Waals surface area contributed by atoms with E-state index < -0.39 is 10.0 Å². The van der Waals surface area contributed by atoms with Gasteiger partial charge >= 0.3 is 0 Å². The molecule has 0 aliphatic heterocycles. The number of thiophene rings is 1. The van der Waals surface area contributed by atoms with Gasteiger partial charge in [0.25, 0.3) is 10.0 Å². The Balaban J connectivity index is 2.94. The number of rotatable bonds is 8. The molecule has 0 radical (unpaired) electrons. The van der Waals surface area contributed by atoms with Gasteiger partial charge in [-0.3, -0.25) is 0 Å². The van der Waals surface area contributed by atoms with Crippen LogP contribution in [-0.4, -0.2) is 44.9 Å². The number of hydrogen-bond acceptors (Lipinski definition) is 5. The predicted molar refractivity (Wildman–Crippen MR) is 84.5 cm³/mol. The van der Waals surface area contributed by atoms with Gasteiger partial charge in [0.2, 0.25) is 0 Å². The Hall–Kier alpha value is -0.0800. The van der Waals surface area contributed by atoms with Crippen molar-refractivity contribution in [3.8, 4) is 0 Å². The van der Waals surface area contributed by atoms with Crippen LogP contribution >= 0.6 is 23.1 Å². The van der Waals surface area contributed by atoms with Crippen molar-refractivity contribution in [2.75, 3.05) is 26.1 Å². The Bertz CT molecular complexity index is 485. The number of thioether (sulfide) groups is 1. The Morgan fingerprint density at radius 3 is 2.68 bits per heavy atom. The lowest BCUT2D eigenvalue weighted by Gasteiger charge is -2.25. The van der Waals surface area contributed by atoms with Gasteiger partial charge in [0, 0.05) is 30.3 Å². The second-order valence-electron chi connectivity index (χ2n) is 4.29. The van der Waals surface area contributed by atoms with E-state index in [1.54, 1.807) is 24.9 Å². The van der Waals surface area contributed by atoms with Crippen LogP contribution in [0.25, 0.3) is 0 Å². The maximum atomic E-state index is 12.5. The van der Waals surface area contributed by atoms with Crippen molar-refractivity contribution in [1.29, 1.82) is 0 Å². The van der Waals surface area contributed by atoms with Crippen molar-refractivity contribution in [3.05, 3.63) is 17.0 Å². The second-order valence-corrected chi connectivity index (χ2v) is 8.59. The van der Waals surface area contributed by atoms with Crippen LogP contribution < -0.4 is 5.32 Å². The molecule has 1 atom stereocenters. The van der Waals surface area contributed by atoms with Crippen molar-refractivity contribution in [2.24, 2.45) is 0 Å². The van der Waals surface area contributed by atoms with E-state index in [-0.39, 0.29) is 6.04 Å². The molecular weight excluding hydrogens is 300 g/mol. The Morgan fingerprint density at radius 2 is 2.16 bits per heavy atom. The van der Waals surface area contributed by atoms with Crippen LogP contribution in [0, 0.1) is 0 Å². The molecule has 1 unspecified atom stereocenters. The Morgan fingerprint density at radius 1 is 1.47 bits per heavy atom. The Kier molecular flexibility index (Phi) is 6.82. The van der Waals surface area contributed by atoms with E-state index in [1.807, 2.05) is 26.3 Å². The van der Waals surface area contributed by atoms with Crippen LogP contribution in [0.4, 0.5) is 0 Å². The molecule has 110 valence electrons. The fraction of sp³-hybridized carbons (Fsp3) is 0.667. The summed E-state index contributed by atoms with van der Waals surface area (Å²) in [6, 6.07) is 3.63. The van der Waals surface area contributed by atoms with Gasteiger partial charge in [0.15, 0.2) is 0 Å². The minimum atomic E-state index is -3.36. The lowest BCUT2D eigenvalue weighted by molar-refractivity contribution is 0.386. The first-order valence-electron chi connectivity index (χ1n) is 6.17. The van der Waals surface area contributed by atoms with Crippen LogP contribution in [0.1, 0.15) is 18.2 Å². The molecule has 4 nitrogen and oxygen atoms in total. The first kappa shape index (κ1) is 17.0. The van der Waals surface area contributed by atoms with E-state index in [4.69, 9.17) is 0 Å². The molecule has 1 aromatic heterocycles. The standard InChI is InChI=1S/C12H22N2O2S3/c1-5-10(9-17-4)14(3)19(15,16)12-7-6-11(18-12)8-13-2/h6-7,10,13H,5,8-9H2,1-4H3. The van der Waals surface area contributed by atoms with Gasteiger partial charge < -0.3 is 5.32 Å². The van der Waals surface area contributed by atoms with E-state index in [2.05, 4.69) is 5.32 Å². The molecule has 0 bridgehead atoms. The highest BCUT2D eigenvalue weighted by Crippen LogP contribution is 2.26. The molecule has 0 spiro atoms. The van der Waals surface area contributed by atoms with Gasteiger partial charge in [-0.2, -0.15) is 16.1 Å². The molecule has 7 heteroatoms. The van der Waals surface area contributed by atoms with E-state index in [1.165, 1.54) is 15.6 Å². The summed E-state index contributed by atoms with van der Waals surface area (Å²) in [7, 11) is 0.171. The van der Waals surface area contributed by atoms with Gasteiger partial charge in [-0.05, 0) is 31.9 Å². The summed E-state index contributed by atoms with van der Waals surface area (Å²) < 4.78 is 27.0. The lowest BCUT2D eigenvalue weighted by atomic mass is 10.3. The van der Waals surface area contributed by atoms with Crippen LogP contribution in [0.2, 0.25) is 0 Å². The normalized spacial score (nSPS) is 13.9. The molecule has 0 aliphatic carbocycles. The summed E-state index contributed by atoms with van der Waals surface area (Å²) in [4.78, 5) is 1.03. The first-order valence-corrected chi connectivity index (χ1v) is 9.82. The van der Waals surface area contributed by atoms with E-state index >= 15 is 0 Å².